The largest absolute Gasteiger partial charge is 0.402 e. The van der Waals surface area contributed by atoms with Crippen LogP contribution in [-0.2, 0) is 9.16 Å². The summed E-state index contributed by atoms with van der Waals surface area (Å²) in [5, 5.41) is 2.17. The summed E-state index contributed by atoms with van der Waals surface area (Å²) in [5.41, 5.74) is -0.426. The van der Waals surface area contributed by atoms with Crippen molar-refractivity contribution < 1.29 is 9.16 Å². The zero-order valence-electron chi connectivity index (χ0n) is 19.6. The standard InChI is InChI=1S/C26H31N2O4Si/c1-18-17-28(25(30)27-24(18)29)23-16-22(19(2)31-23)32-33(26(3,4)5,20-12-8-6-9-13-20)21-14-10-7-11-15-21/h6-15,17,19,22-23H,2,16H2,1,3-5H3,(H,27,29,30)/t19-,22+,23-/m1/s1. The Morgan fingerprint density at radius 2 is 1.58 bits per heavy atom. The molecule has 1 fully saturated rings. The maximum atomic E-state index is 12.5. The van der Waals surface area contributed by atoms with Crippen molar-refractivity contribution in [1.82, 2.24) is 9.55 Å². The Morgan fingerprint density at radius 3 is 2.09 bits per heavy atom. The minimum Gasteiger partial charge on any atom is -0.402 e. The van der Waals surface area contributed by atoms with Gasteiger partial charge in [-0.1, -0.05) is 81.4 Å². The van der Waals surface area contributed by atoms with Crippen LogP contribution < -0.4 is 21.6 Å². The molecular formula is C26H31N2O4Si. The van der Waals surface area contributed by atoms with E-state index in [9.17, 15) is 9.59 Å². The van der Waals surface area contributed by atoms with Crippen molar-refractivity contribution in [3.05, 3.63) is 100 Å². The lowest BCUT2D eigenvalue weighted by Gasteiger charge is -2.45. The summed E-state index contributed by atoms with van der Waals surface area (Å²) in [7, 11) is -2.79. The molecular weight excluding hydrogens is 432 g/mol. The number of hydrogen-bond acceptors (Lipinski definition) is 4. The van der Waals surface area contributed by atoms with Crippen LogP contribution in [0.2, 0.25) is 5.04 Å². The Morgan fingerprint density at radius 1 is 1.03 bits per heavy atom. The molecule has 2 aromatic carbocycles. The van der Waals surface area contributed by atoms with E-state index in [0.29, 0.717) is 12.0 Å². The Kier molecular flexibility index (Phi) is 6.31. The highest BCUT2D eigenvalue weighted by Crippen LogP contribution is 2.40. The number of nitrogens with one attached hydrogen (secondary N) is 1. The molecule has 7 heteroatoms. The molecule has 3 aromatic rings. The Bertz CT molecular complexity index is 1180. The summed E-state index contributed by atoms with van der Waals surface area (Å²) >= 11 is 0. The van der Waals surface area contributed by atoms with Crippen LogP contribution in [0.4, 0.5) is 0 Å². The number of benzene rings is 2. The highest BCUT2D eigenvalue weighted by Gasteiger charge is 2.53. The molecule has 6 nitrogen and oxygen atoms in total. The van der Waals surface area contributed by atoms with Gasteiger partial charge in [0.1, 0.15) is 6.23 Å². The molecule has 1 aliphatic rings. The van der Waals surface area contributed by atoms with Gasteiger partial charge in [-0.3, -0.25) is 14.3 Å². The van der Waals surface area contributed by atoms with Crippen molar-refractivity contribution in [2.24, 2.45) is 0 Å². The first kappa shape index (κ1) is 23.4. The molecule has 0 aliphatic carbocycles. The van der Waals surface area contributed by atoms with Crippen LogP contribution in [0.25, 0.3) is 0 Å². The van der Waals surface area contributed by atoms with Crippen molar-refractivity contribution in [2.45, 2.75) is 57.6 Å². The molecule has 0 spiro atoms. The quantitative estimate of drug-likeness (QED) is 0.591. The normalized spacial score (nSPS) is 21.3. The van der Waals surface area contributed by atoms with Gasteiger partial charge >= 0.3 is 5.69 Å². The van der Waals surface area contributed by atoms with Crippen molar-refractivity contribution >= 4 is 18.7 Å². The lowest BCUT2D eigenvalue weighted by molar-refractivity contribution is 0.00535. The molecule has 0 amide bonds. The molecule has 1 aliphatic heterocycles. The zero-order chi connectivity index (χ0) is 23.8. The minimum atomic E-state index is -2.79. The predicted octanol–water partition coefficient (Wildman–Crippen LogP) is 2.91. The molecule has 1 radical (unpaired) electrons. The number of rotatable bonds is 5. The summed E-state index contributed by atoms with van der Waals surface area (Å²) in [4.78, 5) is 26.6. The third kappa shape index (κ3) is 4.28. The van der Waals surface area contributed by atoms with Gasteiger partial charge in [0, 0.05) is 18.2 Å². The Balaban J connectivity index is 1.77. The van der Waals surface area contributed by atoms with E-state index >= 15 is 0 Å². The monoisotopic (exact) mass is 463 g/mol. The van der Waals surface area contributed by atoms with Gasteiger partial charge in [-0.25, -0.2) is 4.79 Å². The molecule has 0 unspecified atom stereocenters. The number of H-pyrrole nitrogens is 1. The maximum Gasteiger partial charge on any atom is 0.330 e. The molecule has 1 N–H and O–H groups in total. The van der Waals surface area contributed by atoms with Gasteiger partial charge in [-0.15, -0.1) is 0 Å². The first-order valence-corrected chi connectivity index (χ1v) is 13.1. The Hall–Kier alpha value is -2.74. The lowest BCUT2D eigenvalue weighted by Crippen LogP contribution is -2.68. The Labute approximate surface area is 195 Å². The van der Waals surface area contributed by atoms with E-state index in [-0.39, 0.29) is 16.7 Å². The molecule has 173 valence electrons. The molecule has 4 rings (SSSR count). The van der Waals surface area contributed by atoms with E-state index in [1.165, 1.54) is 14.9 Å². The fraction of sp³-hybridized carbons (Fsp3) is 0.346. The molecule has 0 bridgehead atoms. The van der Waals surface area contributed by atoms with Crippen molar-refractivity contribution in [3.8, 4) is 0 Å². The van der Waals surface area contributed by atoms with E-state index in [2.05, 4.69) is 56.9 Å². The van der Waals surface area contributed by atoms with Crippen LogP contribution in [0.3, 0.4) is 0 Å². The second kappa shape index (κ2) is 8.89. The van der Waals surface area contributed by atoms with E-state index < -0.39 is 26.3 Å². The van der Waals surface area contributed by atoms with Crippen LogP contribution in [0.1, 0.15) is 39.0 Å². The summed E-state index contributed by atoms with van der Waals surface area (Å²) in [6, 6.07) is 20.8. The number of ether oxygens (including phenoxy) is 1. The minimum absolute atomic E-state index is 0.182. The number of nitrogens with zero attached hydrogens (tertiary/aromatic N) is 1. The summed E-state index contributed by atoms with van der Waals surface area (Å²) in [5.74, 6) is 0. The van der Waals surface area contributed by atoms with Gasteiger partial charge in [-0.2, -0.15) is 0 Å². The summed E-state index contributed by atoms with van der Waals surface area (Å²) in [6.07, 6.45) is 0.670. The topological polar surface area (TPSA) is 73.3 Å². The fourth-order valence-electron chi connectivity index (χ4n) is 4.72. The maximum absolute atomic E-state index is 12.5. The van der Waals surface area contributed by atoms with E-state index in [1.807, 2.05) is 36.4 Å². The van der Waals surface area contributed by atoms with E-state index in [4.69, 9.17) is 9.16 Å². The van der Waals surface area contributed by atoms with Crippen LogP contribution >= 0.6 is 0 Å². The zero-order valence-corrected chi connectivity index (χ0v) is 20.6. The van der Waals surface area contributed by atoms with E-state index in [1.54, 1.807) is 13.1 Å². The first-order chi connectivity index (χ1) is 15.6. The second-order valence-electron chi connectivity index (χ2n) is 9.66. The van der Waals surface area contributed by atoms with Gasteiger partial charge in [0.2, 0.25) is 0 Å². The molecule has 1 saturated heterocycles. The molecule has 1 aromatic heterocycles. The van der Waals surface area contributed by atoms with E-state index in [0.717, 1.165) is 0 Å². The van der Waals surface area contributed by atoms with Crippen LogP contribution in [0.5, 0.6) is 0 Å². The van der Waals surface area contributed by atoms with Gasteiger partial charge < -0.3 is 9.16 Å². The average Bonchev–Trinajstić information content (AvgIpc) is 3.14. The predicted molar refractivity (Wildman–Crippen MR) is 132 cm³/mol. The van der Waals surface area contributed by atoms with Gasteiger partial charge in [0.25, 0.3) is 13.9 Å². The van der Waals surface area contributed by atoms with Crippen LogP contribution in [0.15, 0.2) is 76.4 Å². The smallest absolute Gasteiger partial charge is 0.330 e. The summed E-state index contributed by atoms with van der Waals surface area (Å²) in [6.45, 7) is 12.5. The third-order valence-corrected chi connectivity index (χ3v) is 11.4. The second-order valence-corrected chi connectivity index (χ2v) is 13.9. The van der Waals surface area contributed by atoms with Gasteiger partial charge in [-0.05, 0) is 29.3 Å². The number of hydrogen-bond donors (Lipinski definition) is 1. The summed E-state index contributed by atoms with van der Waals surface area (Å²) < 4.78 is 14.7. The third-order valence-electron chi connectivity index (χ3n) is 6.38. The number of aromatic nitrogens is 2. The molecule has 33 heavy (non-hydrogen) atoms. The van der Waals surface area contributed by atoms with Crippen LogP contribution in [-0.4, -0.2) is 30.1 Å². The lowest BCUT2D eigenvalue weighted by atomic mass is 10.2. The van der Waals surface area contributed by atoms with Gasteiger partial charge in [0.05, 0.1) is 12.2 Å². The average molecular weight is 464 g/mol. The molecule has 0 saturated carbocycles. The SMILES string of the molecule is [CH2][C@H]1O[C@@H](n2cc(C)c(=O)[nH]c2=O)C[C@@H]1O[Si](c1ccccc1)(c1ccccc1)C(C)(C)C. The highest BCUT2D eigenvalue weighted by atomic mass is 28.4. The number of aryl methyl sites for hydroxylation is 1. The highest BCUT2D eigenvalue weighted by molar-refractivity contribution is 6.99. The van der Waals surface area contributed by atoms with Crippen molar-refractivity contribution in [1.29, 1.82) is 0 Å². The molecule has 3 atom stereocenters. The number of aromatic amines is 1. The van der Waals surface area contributed by atoms with Crippen LogP contribution in [0, 0.1) is 13.8 Å². The van der Waals surface area contributed by atoms with Gasteiger partial charge in [0.15, 0.2) is 0 Å². The molecule has 2 heterocycles. The van der Waals surface area contributed by atoms with Crippen molar-refractivity contribution in [3.63, 3.8) is 0 Å². The fourth-order valence-corrected chi connectivity index (χ4v) is 9.43. The first-order valence-electron chi connectivity index (χ1n) is 11.2. The van der Waals surface area contributed by atoms with Crippen molar-refractivity contribution in [2.75, 3.05) is 0 Å².